The molecule has 0 amide bonds. The van der Waals surface area contributed by atoms with Gasteiger partial charge in [0.25, 0.3) is 5.69 Å². The molecule has 0 atom stereocenters. The fraction of sp³-hybridized carbons (Fsp3) is 0.462. The molecule has 2 fully saturated rings. The van der Waals surface area contributed by atoms with Crippen molar-refractivity contribution in [3.8, 4) is 0 Å². The summed E-state index contributed by atoms with van der Waals surface area (Å²) in [6.45, 7) is 3.45. The Labute approximate surface area is 110 Å². The van der Waals surface area contributed by atoms with E-state index in [-0.39, 0.29) is 17.0 Å². The molecule has 1 aromatic rings. The van der Waals surface area contributed by atoms with Crippen LogP contribution >= 0.6 is 0 Å². The van der Waals surface area contributed by atoms with Gasteiger partial charge in [-0.1, -0.05) is 0 Å². The number of carbonyl (C=O) groups is 1. The Morgan fingerprint density at radius 2 is 2.21 bits per heavy atom. The molecule has 0 N–H and O–H groups in total. The lowest BCUT2D eigenvalue weighted by Gasteiger charge is -2.58. The van der Waals surface area contributed by atoms with Crippen LogP contribution in [0.5, 0.6) is 0 Å². The summed E-state index contributed by atoms with van der Waals surface area (Å²) in [6.07, 6.45) is 0.999. The Balaban J connectivity index is 2.01. The number of hydrogen-bond acceptors (Lipinski definition) is 5. The highest BCUT2D eigenvalue weighted by atomic mass is 16.6. The van der Waals surface area contributed by atoms with Gasteiger partial charge >= 0.3 is 0 Å². The van der Waals surface area contributed by atoms with Crippen molar-refractivity contribution in [1.82, 2.24) is 0 Å². The van der Waals surface area contributed by atoms with E-state index in [9.17, 15) is 14.9 Å². The topological polar surface area (TPSA) is 72.7 Å². The second-order valence-electron chi connectivity index (χ2n) is 5.14. The van der Waals surface area contributed by atoms with E-state index in [0.717, 1.165) is 13.0 Å². The minimum atomic E-state index is -0.423. The minimum Gasteiger partial charge on any atom is -0.376 e. The molecule has 6 nitrogen and oxygen atoms in total. The van der Waals surface area contributed by atoms with Gasteiger partial charge in [0.15, 0.2) is 5.78 Å². The number of Topliss-reactive ketones (excluding diaryl/α,β-unsaturated/α-hetero) is 1. The molecule has 6 heteroatoms. The summed E-state index contributed by atoms with van der Waals surface area (Å²) in [7, 11) is 0. The van der Waals surface area contributed by atoms with E-state index in [1.165, 1.54) is 13.0 Å². The van der Waals surface area contributed by atoms with E-state index >= 15 is 0 Å². The number of hydrogen-bond donors (Lipinski definition) is 0. The van der Waals surface area contributed by atoms with Crippen molar-refractivity contribution in [1.29, 1.82) is 0 Å². The summed E-state index contributed by atoms with van der Waals surface area (Å²) in [5.41, 5.74) is 0.904. The normalized spacial score (nSPS) is 19.7. The van der Waals surface area contributed by atoms with Crippen molar-refractivity contribution in [2.24, 2.45) is 0 Å². The lowest BCUT2D eigenvalue weighted by Crippen LogP contribution is -2.71. The van der Waals surface area contributed by atoms with Gasteiger partial charge in [0.2, 0.25) is 0 Å². The van der Waals surface area contributed by atoms with Crippen LogP contribution in [0.1, 0.15) is 23.7 Å². The van der Waals surface area contributed by atoms with E-state index in [0.29, 0.717) is 24.5 Å². The van der Waals surface area contributed by atoms with Crippen LogP contribution in [0.15, 0.2) is 18.2 Å². The Bertz CT molecular complexity index is 560. The monoisotopic (exact) mass is 262 g/mol. The molecule has 1 aromatic carbocycles. The molecule has 0 radical (unpaired) electrons. The first-order valence-corrected chi connectivity index (χ1v) is 6.18. The van der Waals surface area contributed by atoms with E-state index in [1.54, 1.807) is 12.1 Å². The summed E-state index contributed by atoms with van der Waals surface area (Å²) in [4.78, 5) is 24.1. The van der Waals surface area contributed by atoms with E-state index < -0.39 is 4.92 Å². The fourth-order valence-corrected chi connectivity index (χ4v) is 2.67. The number of nitrogens with zero attached hydrogens (tertiary/aromatic N) is 2. The summed E-state index contributed by atoms with van der Waals surface area (Å²) in [6, 6.07) is 4.69. The number of ketones is 1. The molecule has 100 valence electrons. The standard InChI is InChI=1S/C13H14N2O4/c1-9(16)10-2-3-11(12(6-10)15(17)18)14-5-4-13(14)7-19-8-13/h2-3,6H,4-5,7-8H2,1H3. The lowest BCUT2D eigenvalue weighted by molar-refractivity contribution is -0.384. The first-order chi connectivity index (χ1) is 9.03. The molecule has 2 aliphatic rings. The Kier molecular flexibility index (Phi) is 2.56. The largest absolute Gasteiger partial charge is 0.376 e. The van der Waals surface area contributed by atoms with Crippen LogP contribution < -0.4 is 4.90 Å². The van der Waals surface area contributed by atoms with Crippen molar-refractivity contribution >= 4 is 17.2 Å². The summed E-state index contributed by atoms with van der Waals surface area (Å²) >= 11 is 0. The molecule has 3 rings (SSSR count). The second-order valence-corrected chi connectivity index (χ2v) is 5.14. The summed E-state index contributed by atoms with van der Waals surface area (Å²) in [5, 5.41) is 11.2. The van der Waals surface area contributed by atoms with Crippen LogP contribution in [0, 0.1) is 10.1 Å². The highest BCUT2D eigenvalue weighted by molar-refractivity contribution is 5.95. The van der Waals surface area contributed by atoms with E-state index in [1.807, 2.05) is 4.90 Å². The van der Waals surface area contributed by atoms with Crippen molar-refractivity contribution in [2.45, 2.75) is 18.9 Å². The number of rotatable bonds is 3. The van der Waals surface area contributed by atoms with Gasteiger partial charge in [0.1, 0.15) is 5.69 Å². The Morgan fingerprint density at radius 1 is 1.47 bits per heavy atom. The molecule has 0 aliphatic carbocycles. The van der Waals surface area contributed by atoms with Crippen LogP contribution in [0.4, 0.5) is 11.4 Å². The number of nitro benzene ring substituents is 1. The molecule has 2 aliphatic heterocycles. The number of ether oxygens (including phenoxy) is 1. The van der Waals surface area contributed by atoms with Gasteiger partial charge in [0.05, 0.1) is 23.7 Å². The van der Waals surface area contributed by atoms with Crippen LogP contribution in [0.2, 0.25) is 0 Å². The zero-order valence-electron chi connectivity index (χ0n) is 10.6. The van der Waals surface area contributed by atoms with Gasteiger partial charge in [-0.25, -0.2) is 0 Å². The Morgan fingerprint density at radius 3 is 2.63 bits per heavy atom. The zero-order chi connectivity index (χ0) is 13.6. The maximum absolute atomic E-state index is 11.3. The van der Waals surface area contributed by atoms with Crippen molar-refractivity contribution in [3.05, 3.63) is 33.9 Å². The molecule has 1 spiro atoms. The fourth-order valence-electron chi connectivity index (χ4n) is 2.67. The van der Waals surface area contributed by atoms with Crippen LogP contribution in [0.3, 0.4) is 0 Å². The first kappa shape index (κ1) is 12.1. The molecule has 0 unspecified atom stereocenters. The van der Waals surface area contributed by atoms with Crippen molar-refractivity contribution in [2.75, 3.05) is 24.7 Å². The number of nitro groups is 1. The molecule has 2 heterocycles. The smallest absolute Gasteiger partial charge is 0.293 e. The predicted octanol–water partition coefficient (Wildman–Crippen LogP) is 1.78. The molecular formula is C13H14N2O4. The molecule has 19 heavy (non-hydrogen) atoms. The molecule has 0 bridgehead atoms. The van der Waals surface area contributed by atoms with E-state index in [4.69, 9.17) is 4.74 Å². The van der Waals surface area contributed by atoms with Gasteiger partial charge in [-0.2, -0.15) is 0 Å². The Hall–Kier alpha value is -1.95. The summed E-state index contributed by atoms with van der Waals surface area (Å²) < 4.78 is 5.23. The van der Waals surface area contributed by atoms with Gasteiger partial charge in [-0.05, 0) is 25.5 Å². The van der Waals surface area contributed by atoms with Gasteiger partial charge in [-0.15, -0.1) is 0 Å². The molecule has 2 saturated heterocycles. The number of anilines is 1. The third-order valence-corrected chi connectivity index (χ3v) is 3.98. The second kappa shape index (κ2) is 4.03. The van der Waals surface area contributed by atoms with Crippen LogP contribution in [-0.2, 0) is 4.74 Å². The molecule has 0 saturated carbocycles. The third-order valence-electron chi connectivity index (χ3n) is 3.98. The molecule has 0 aromatic heterocycles. The minimum absolute atomic E-state index is 0.00123. The van der Waals surface area contributed by atoms with Crippen molar-refractivity contribution in [3.63, 3.8) is 0 Å². The maximum Gasteiger partial charge on any atom is 0.293 e. The van der Waals surface area contributed by atoms with E-state index in [2.05, 4.69) is 0 Å². The first-order valence-electron chi connectivity index (χ1n) is 6.18. The molecular weight excluding hydrogens is 248 g/mol. The van der Waals surface area contributed by atoms with Crippen molar-refractivity contribution < 1.29 is 14.5 Å². The van der Waals surface area contributed by atoms with Crippen LogP contribution in [0.25, 0.3) is 0 Å². The average molecular weight is 262 g/mol. The quantitative estimate of drug-likeness (QED) is 0.471. The SMILES string of the molecule is CC(=O)c1ccc(N2CCC23COC3)c([N+](=O)[O-])c1. The number of benzene rings is 1. The maximum atomic E-state index is 11.3. The zero-order valence-corrected chi connectivity index (χ0v) is 10.6. The third kappa shape index (κ3) is 1.71. The average Bonchev–Trinajstić information content (AvgIpc) is 2.25. The lowest BCUT2D eigenvalue weighted by atomic mass is 9.82. The van der Waals surface area contributed by atoms with Gasteiger partial charge in [0, 0.05) is 18.2 Å². The predicted molar refractivity (Wildman–Crippen MR) is 68.6 cm³/mol. The highest BCUT2D eigenvalue weighted by Crippen LogP contribution is 2.44. The number of carbonyl (C=O) groups excluding carboxylic acids is 1. The highest BCUT2D eigenvalue weighted by Gasteiger charge is 2.52. The van der Waals surface area contributed by atoms with Gasteiger partial charge < -0.3 is 9.64 Å². The van der Waals surface area contributed by atoms with Gasteiger partial charge in [-0.3, -0.25) is 14.9 Å². The van der Waals surface area contributed by atoms with Crippen LogP contribution in [-0.4, -0.2) is 36.0 Å². The summed E-state index contributed by atoms with van der Waals surface area (Å²) in [5.74, 6) is -0.167.